The van der Waals surface area contributed by atoms with Gasteiger partial charge in [0.15, 0.2) is 0 Å². The SMILES string of the molecule is CC(C)c1ccccc1-c1cc(O)c(C(C)C)c(-c2ccccc2C(C)C)c1-c1ccccc1C(C)C.CC(C)c1ccccc1-c1cc(O)c(C(C)C)c(-c2ccccc2C(C)C)c1-c1ccccc1C(C)C.CC(C)c1ccccc1-c1cc(O)c(C(C)C)c(-c2ccccc2C(C)C)c1-c1ccccc1C(C)C.CC(C)c1ccccc1-c1cc(O)c(C(C)C)c(-c2ccccc2C(C)C)c1-c1ccccc1C(C)C.[Ti]. The van der Waals surface area contributed by atoms with E-state index in [9.17, 15) is 20.4 Å². The third-order valence-electron chi connectivity index (χ3n) is 30.0. The molecule has 0 saturated carbocycles. The van der Waals surface area contributed by atoms with Gasteiger partial charge in [0.2, 0.25) is 0 Å². The summed E-state index contributed by atoms with van der Waals surface area (Å²) in [7, 11) is 0. The third-order valence-corrected chi connectivity index (χ3v) is 30.0. The van der Waals surface area contributed by atoms with Crippen molar-refractivity contribution in [1.82, 2.24) is 0 Å². The molecule has 0 unspecified atom stereocenters. The number of aromatic hydroxyl groups is 4. The molecule has 0 spiro atoms. The van der Waals surface area contributed by atoms with Crippen molar-refractivity contribution >= 4 is 0 Å². The van der Waals surface area contributed by atoms with Crippen LogP contribution in [0, 0.1) is 0 Å². The molecule has 0 aromatic heterocycles. The van der Waals surface area contributed by atoms with Crippen molar-refractivity contribution in [3.8, 4) is 157 Å². The Balaban J connectivity index is 0.000000176. The van der Waals surface area contributed by atoms with E-state index < -0.39 is 0 Å². The van der Waals surface area contributed by atoms with E-state index >= 15 is 0 Å². The molecule has 5 heteroatoms. The standard InChI is InChI=1S/4C36H42O.Ti/c4*1-22(2)26-15-9-12-18-29(26)32-21-33(37)34(25(7)8)36(31-20-14-11-17-28(31)24(5)6)35(32)30-19-13-10-16-27(30)23(3)4;/h4*9-25,37H,1-8H3;. The van der Waals surface area contributed by atoms with Gasteiger partial charge in [0.25, 0.3) is 0 Å². The van der Waals surface area contributed by atoms with Crippen molar-refractivity contribution in [2.75, 3.05) is 0 Å². The van der Waals surface area contributed by atoms with Crippen LogP contribution in [-0.4, -0.2) is 20.4 Å². The summed E-state index contributed by atoms with van der Waals surface area (Å²) in [5.74, 6) is 6.53. The molecule has 149 heavy (non-hydrogen) atoms. The van der Waals surface area contributed by atoms with Crippen LogP contribution in [0.4, 0.5) is 0 Å². The van der Waals surface area contributed by atoms with Crippen LogP contribution in [0.25, 0.3) is 134 Å². The Kier molecular flexibility index (Phi) is 39.3. The Morgan fingerprint density at radius 1 is 0.114 bits per heavy atom. The molecule has 16 aromatic carbocycles. The van der Waals surface area contributed by atoms with E-state index in [-0.39, 0.29) is 45.4 Å². The van der Waals surface area contributed by atoms with Gasteiger partial charge in [0.05, 0.1) is 0 Å². The summed E-state index contributed by atoms with van der Waals surface area (Å²) in [6, 6.07) is 113. The minimum atomic E-state index is 0. The van der Waals surface area contributed by atoms with E-state index in [0.29, 0.717) is 94.0 Å². The molecular formula is C144H168O4Ti. The molecule has 0 amide bonds. The molecule has 16 aromatic rings. The van der Waals surface area contributed by atoms with Crippen molar-refractivity contribution in [3.63, 3.8) is 0 Å². The first-order valence-corrected chi connectivity index (χ1v) is 55.2. The monoisotopic (exact) mass is 2010 g/mol. The average molecular weight is 2010 g/mol. The van der Waals surface area contributed by atoms with E-state index in [0.717, 1.165) is 44.5 Å². The van der Waals surface area contributed by atoms with Crippen LogP contribution in [0.3, 0.4) is 0 Å². The van der Waals surface area contributed by atoms with Gasteiger partial charge >= 0.3 is 0 Å². The quantitative estimate of drug-likeness (QED) is 0.0369. The van der Waals surface area contributed by atoms with Crippen LogP contribution in [0.1, 0.15) is 405 Å². The van der Waals surface area contributed by atoms with Crippen molar-refractivity contribution < 1.29 is 42.1 Å². The molecule has 0 aliphatic carbocycles. The second kappa shape index (κ2) is 50.8. The van der Waals surface area contributed by atoms with Crippen LogP contribution in [0.5, 0.6) is 23.0 Å². The topological polar surface area (TPSA) is 80.9 Å². The Morgan fingerprint density at radius 3 is 0.315 bits per heavy atom. The minimum absolute atomic E-state index is 0. The molecule has 0 aliphatic heterocycles. The van der Waals surface area contributed by atoms with Gasteiger partial charge in [-0.25, -0.2) is 0 Å². The fourth-order valence-corrected chi connectivity index (χ4v) is 23.0. The van der Waals surface area contributed by atoms with Crippen LogP contribution >= 0.6 is 0 Å². The van der Waals surface area contributed by atoms with Gasteiger partial charge in [-0.15, -0.1) is 0 Å². The summed E-state index contributed by atoms with van der Waals surface area (Å²) in [4.78, 5) is 0. The number of phenolic OH excluding ortho intramolecular Hbond substituents is 4. The maximum Gasteiger partial charge on any atom is 0.120 e. The van der Waals surface area contributed by atoms with Crippen molar-refractivity contribution in [1.29, 1.82) is 0 Å². The molecule has 0 bridgehead atoms. The van der Waals surface area contributed by atoms with Crippen molar-refractivity contribution in [3.05, 3.63) is 404 Å². The van der Waals surface area contributed by atoms with Crippen LogP contribution in [-0.2, 0) is 21.7 Å². The Hall–Kier alpha value is -12.6. The first kappa shape index (κ1) is 115. The van der Waals surface area contributed by atoms with Gasteiger partial charge < -0.3 is 20.4 Å². The molecule has 4 nitrogen and oxygen atoms in total. The predicted molar refractivity (Wildman–Crippen MR) is 643 cm³/mol. The van der Waals surface area contributed by atoms with Crippen LogP contribution < -0.4 is 0 Å². The van der Waals surface area contributed by atoms with Gasteiger partial charge in [0, 0.05) is 44.0 Å². The van der Waals surface area contributed by atoms with E-state index in [1.54, 1.807) is 0 Å². The van der Waals surface area contributed by atoms with Gasteiger partial charge in [-0.1, -0.05) is 513 Å². The second-order valence-electron chi connectivity index (χ2n) is 45.9. The summed E-state index contributed by atoms with van der Waals surface area (Å²) in [5, 5.41) is 46.7. The summed E-state index contributed by atoms with van der Waals surface area (Å²) in [6.45, 7) is 71.7. The third kappa shape index (κ3) is 24.9. The van der Waals surface area contributed by atoms with Gasteiger partial charge in [0.1, 0.15) is 23.0 Å². The number of hydrogen-bond donors (Lipinski definition) is 4. The first-order chi connectivity index (χ1) is 70.5. The molecular weight excluding hydrogens is 1840 g/mol. The molecule has 772 valence electrons. The predicted octanol–water partition coefficient (Wildman–Crippen LogP) is 43.5. The zero-order chi connectivity index (χ0) is 107. The first-order valence-electron chi connectivity index (χ1n) is 55.2. The fraction of sp³-hybridized carbons (Fsp3) is 0.333. The van der Waals surface area contributed by atoms with Gasteiger partial charge in [-0.2, -0.15) is 0 Å². The summed E-state index contributed by atoms with van der Waals surface area (Å²) >= 11 is 0. The van der Waals surface area contributed by atoms with E-state index in [2.05, 4.69) is 513 Å². The molecule has 0 saturated heterocycles. The van der Waals surface area contributed by atoms with E-state index in [1.807, 2.05) is 24.3 Å². The maximum atomic E-state index is 11.7. The Bertz CT molecular complexity index is 6420. The maximum absolute atomic E-state index is 11.7. The van der Waals surface area contributed by atoms with Crippen LogP contribution in [0.15, 0.2) is 315 Å². The van der Waals surface area contributed by atoms with E-state index in [1.165, 1.54) is 178 Å². The second-order valence-corrected chi connectivity index (χ2v) is 45.9. The largest absolute Gasteiger partial charge is 0.508 e. The number of phenols is 4. The minimum Gasteiger partial charge on any atom is -0.508 e. The molecule has 0 radical (unpaired) electrons. The fourth-order valence-electron chi connectivity index (χ4n) is 23.0. The van der Waals surface area contributed by atoms with Gasteiger partial charge in [-0.05, 0) is 319 Å². The zero-order valence-corrected chi connectivity index (χ0v) is 97.1. The van der Waals surface area contributed by atoms with Crippen molar-refractivity contribution in [2.24, 2.45) is 0 Å². The van der Waals surface area contributed by atoms with E-state index in [4.69, 9.17) is 0 Å². The van der Waals surface area contributed by atoms with Crippen LogP contribution in [0.2, 0.25) is 0 Å². The number of hydrogen-bond acceptors (Lipinski definition) is 4. The molecule has 0 aliphatic rings. The van der Waals surface area contributed by atoms with Gasteiger partial charge in [-0.3, -0.25) is 0 Å². The zero-order valence-electron chi connectivity index (χ0n) is 95.5. The van der Waals surface area contributed by atoms with Crippen molar-refractivity contribution in [2.45, 2.75) is 316 Å². The smallest absolute Gasteiger partial charge is 0.120 e. The summed E-state index contributed by atoms with van der Waals surface area (Å²) in [6.07, 6.45) is 0. The average Bonchev–Trinajstić information content (AvgIpc) is 0.746. The molecule has 0 fully saturated rings. The molecule has 0 atom stereocenters. The number of rotatable bonds is 28. The Labute approximate surface area is 912 Å². The normalized spacial score (nSPS) is 11.7. The Morgan fingerprint density at radius 2 is 0.208 bits per heavy atom. The summed E-state index contributed by atoms with van der Waals surface area (Å²) < 4.78 is 0. The number of benzene rings is 16. The molecule has 4 N–H and O–H groups in total. The molecule has 0 heterocycles. The summed E-state index contributed by atoms with van der Waals surface area (Å²) in [5.41, 5.74) is 48.5. The molecule has 16 rings (SSSR count).